The van der Waals surface area contributed by atoms with E-state index in [0.29, 0.717) is 0 Å². The Morgan fingerprint density at radius 2 is 0.592 bits per heavy atom. The average molecular weight is 914 g/mol. The maximum Gasteiger partial charge on any atom is 0.168 e. The van der Waals surface area contributed by atoms with Crippen molar-refractivity contribution in [1.82, 2.24) is 23.9 Å². The Morgan fingerprint density at radius 1 is 0.268 bits per heavy atom. The molecule has 3 aromatic heterocycles. The average Bonchev–Trinajstić information content (AvgIpc) is 4.13. The van der Waals surface area contributed by atoms with E-state index >= 15 is 0 Å². The molecule has 0 aliphatic rings. The summed E-state index contributed by atoms with van der Waals surface area (Å²) in [5.41, 5.74) is 16.6. The maximum atomic E-state index is 4.63. The van der Waals surface area contributed by atoms with Gasteiger partial charge in [0, 0.05) is 49.7 Å². The fourth-order valence-corrected chi connectivity index (χ4v) is 10.1. The fourth-order valence-electron chi connectivity index (χ4n) is 10.1. The van der Waals surface area contributed by atoms with Crippen LogP contribution in [0.5, 0.6) is 0 Å². The van der Waals surface area contributed by atoms with Crippen LogP contribution in [-0.4, -0.2) is 23.9 Å². The van der Waals surface area contributed by atoms with Crippen molar-refractivity contribution >= 4 is 43.6 Å². The van der Waals surface area contributed by atoms with Crippen LogP contribution in [0.1, 0.15) is 26.3 Å². The molecule has 0 unspecified atom stereocenters. The first-order valence-electron chi connectivity index (χ1n) is 24.3. The zero-order valence-electron chi connectivity index (χ0n) is 40.0. The predicted molar refractivity (Wildman–Crippen MR) is 297 cm³/mol. The zero-order valence-corrected chi connectivity index (χ0v) is 40.0. The normalized spacial score (nSPS) is 11.6. The fraction of sp³-hybridized carbons (Fsp3) is 0.0606. The number of hydrogen-bond donors (Lipinski definition) is 0. The van der Waals surface area contributed by atoms with E-state index in [2.05, 4.69) is 275 Å². The lowest BCUT2D eigenvalue weighted by atomic mass is 9.86. The lowest BCUT2D eigenvalue weighted by Crippen LogP contribution is -2.10. The van der Waals surface area contributed by atoms with Crippen molar-refractivity contribution in [3.63, 3.8) is 0 Å². The number of aromatic nitrogens is 5. The van der Waals surface area contributed by atoms with E-state index in [1.54, 1.807) is 0 Å². The summed E-state index contributed by atoms with van der Waals surface area (Å²) in [5, 5.41) is 14.4. The van der Waals surface area contributed by atoms with Gasteiger partial charge in [0.25, 0.3) is 0 Å². The van der Waals surface area contributed by atoms with Gasteiger partial charge in [0.15, 0.2) is 11.6 Å². The largest absolute Gasteiger partial charge is 0.309 e. The van der Waals surface area contributed by atoms with Crippen LogP contribution in [0, 0.1) is 0 Å². The number of fused-ring (bicyclic) bond motifs is 6. The molecule has 0 saturated carbocycles. The molecule has 0 spiro atoms. The molecule has 13 rings (SSSR count). The minimum atomic E-state index is 0.108. The van der Waals surface area contributed by atoms with Gasteiger partial charge in [-0.15, -0.1) is 10.2 Å². The van der Waals surface area contributed by atoms with Gasteiger partial charge in [-0.3, -0.25) is 4.57 Å². The molecule has 71 heavy (non-hydrogen) atoms. The number of benzene rings is 10. The summed E-state index contributed by atoms with van der Waals surface area (Å²) >= 11 is 0. The Bertz CT molecular complexity index is 3740. The van der Waals surface area contributed by atoms with Crippen LogP contribution in [-0.2, 0) is 5.41 Å². The summed E-state index contributed by atoms with van der Waals surface area (Å²) in [6.45, 7) is 6.68. The predicted octanol–water partition coefficient (Wildman–Crippen LogP) is 17.1. The smallest absolute Gasteiger partial charge is 0.168 e. The highest BCUT2D eigenvalue weighted by Crippen LogP contribution is 2.37. The van der Waals surface area contributed by atoms with E-state index in [1.807, 2.05) is 24.3 Å². The van der Waals surface area contributed by atoms with Gasteiger partial charge < -0.3 is 9.13 Å². The summed E-state index contributed by atoms with van der Waals surface area (Å²) in [7, 11) is 0. The van der Waals surface area contributed by atoms with Gasteiger partial charge in [-0.05, 0) is 93.9 Å². The van der Waals surface area contributed by atoms with Gasteiger partial charge in [0.05, 0.1) is 22.1 Å². The zero-order chi connectivity index (χ0) is 47.9. The SMILES string of the molecule is CC(C)(C)c1ccc(-c2nnc(-c3ccc(-c4ccccc4)cc3)n2-c2ccccc2)cc1.c1cc(-c2cccc(-n3c4ccccc4c4ccccc43)c2)cc(-n2c3ccccc3c3ccccc32)c1. The van der Waals surface area contributed by atoms with E-state index in [9.17, 15) is 0 Å². The molecule has 0 atom stereocenters. The van der Waals surface area contributed by atoms with E-state index in [0.717, 1.165) is 28.5 Å². The van der Waals surface area contributed by atoms with Gasteiger partial charge in [0.2, 0.25) is 0 Å². The second kappa shape index (κ2) is 18.1. The van der Waals surface area contributed by atoms with Gasteiger partial charge in [-0.1, -0.05) is 215 Å². The Hall–Kier alpha value is -9.06. The lowest BCUT2D eigenvalue weighted by Gasteiger charge is -2.19. The van der Waals surface area contributed by atoms with Gasteiger partial charge in [-0.2, -0.15) is 0 Å². The van der Waals surface area contributed by atoms with Crippen molar-refractivity contribution in [2.45, 2.75) is 26.2 Å². The summed E-state index contributed by atoms with van der Waals surface area (Å²) < 4.78 is 6.90. The Kier molecular flexibility index (Phi) is 11.0. The maximum absolute atomic E-state index is 4.63. The monoisotopic (exact) mass is 913 g/mol. The number of nitrogens with zero attached hydrogens (tertiary/aromatic N) is 5. The molecule has 10 aromatic carbocycles. The summed E-state index contributed by atoms with van der Waals surface area (Å²) in [5.74, 6) is 1.67. The standard InChI is InChI=1S/C36H24N2.C30H27N3/c1-5-19-33-29(15-1)30-16-2-6-20-34(30)37(33)27-13-9-11-25(23-27)26-12-10-14-28(24-26)38-35-21-7-3-17-31(35)32-18-4-8-22-36(32)38;1-30(2,3)26-20-18-25(19-21-26)29-32-31-28(33(29)27-12-8-5-9-13-27)24-16-14-23(15-17-24)22-10-6-4-7-11-22/h1-24H;4-21H,1-3H3. The molecule has 340 valence electrons. The second-order valence-electron chi connectivity index (χ2n) is 19.1. The third-order valence-electron chi connectivity index (χ3n) is 13.6. The Balaban J connectivity index is 0.000000147. The highest BCUT2D eigenvalue weighted by atomic mass is 15.3. The first kappa shape index (κ1) is 43.2. The number of para-hydroxylation sites is 5. The number of rotatable bonds is 7. The van der Waals surface area contributed by atoms with E-state index in [-0.39, 0.29) is 5.41 Å². The van der Waals surface area contributed by atoms with Crippen molar-refractivity contribution in [1.29, 1.82) is 0 Å². The molecule has 5 heteroatoms. The van der Waals surface area contributed by atoms with Crippen LogP contribution >= 0.6 is 0 Å². The Morgan fingerprint density at radius 3 is 1.01 bits per heavy atom. The molecule has 0 N–H and O–H groups in total. The molecule has 0 aliphatic heterocycles. The van der Waals surface area contributed by atoms with Gasteiger partial charge >= 0.3 is 0 Å². The minimum Gasteiger partial charge on any atom is -0.309 e. The summed E-state index contributed by atoms with van der Waals surface area (Å²) in [6.07, 6.45) is 0. The third kappa shape index (κ3) is 8.07. The van der Waals surface area contributed by atoms with E-state index < -0.39 is 0 Å². The van der Waals surface area contributed by atoms with Crippen LogP contribution in [0.15, 0.2) is 255 Å². The van der Waals surface area contributed by atoms with Gasteiger partial charge in [0.1, 0.15) is 0 Å². The topological polar surface area (TPSA) is 40.6 Å². The lowest BCUT2D eigenvalue weighted by molar-refractivity contribution is 0.590. The van der Waals surface area contributed by atoms with Crippen molar-refractivity contribution in [2.24, 2.45) is 0 Å². The van der Waals surface area contributed by atoms with Gasteiger partial charge in [-0.25, -0.2) is 0 Å². The van der Waals surface area contributed by atoms with Crippen LogP contribution in [0.3, 0.4) is 0 Å². The minimum absolute atomic E-state index is 0.108. The van der Waals surface area contributed by atoms with Crippen LogP contribution in [0.4, 0.5) is 0 Å². The van der Waals surface area contributed by atoms with Crippen molar-refractivity contribution in [2.75, 3.05) is 0 Å². The highest BCUT2D eigenvalue weighted by Gasteiger charge is 2.20. The van der Waals surface area contributed by atoms with Crippen molar-refractivity contribution in [3.05, 3.63) is 260 Å². The molecule has 0 saturated heterocycles. The molecule has 3 heterocycles. The third-order valence-corrected chi connectivity index (χ3v) is 13.6. The van der Waals surface area contributed by atoms with E-state index in [1.165, 1.54) is 82.8 Å². The molecule has 0 radical (unpaired) electrons. The molecule has 0 aliphatic carbocycles. The highest BCUT2D eigenvalue weighted by molar-refractivity contribution is 6.10. The van der Waals surface area contributed by atoms with Crippen molar-refractivity contribution < 1.29 is 0 Å². The van der Waals surface area contributed by atoms with E-state index in [4.69, 9.17) is 0 Å². The molecule has 5 nitrogen and oxygen atoms in total. The first-order chi connectivity index (χ1) is 34.9. The molecule has 0 fully saturated rings. The van der Waals surface area contributed by atoms with Crippen molar-refractivity contribution in [3.8, 4) is 62.1 Å². The Labute approximate surface area is 414 Å². The second-order valence-corrected chi connectivity index (χ2v) is 19.1. The summed E-state index contributed by atoms with van der Waals surface area (Å²) in [6, 6.07) is 90.4. The van der Waals surface area contributed by atoms with Crippen LogP contribution < -0.4 is 0 Å². The first-order valence-corrected chi connectivity index (χ1v) is 24.3. The quantitative estimate of drug-likeness (QED) is 0.160. The van der Waals surface area contributed by atoms with Crippen LogP contribution in [0.25, 0.3) is 106 Å². The van der Waals surface area contributed by atoms with Crippen LogP contribution in [0.2, 0.25) is 0 Å². The molecule has 13 aromatic rings. The molecular formula is C66H51N5. The molecule has 0 amide bonds. The molecule has 0 bridgehead atoms. The summed E-state index contributed by atoms with van der Waals surface area (Å²) in [4.78, 5) is 0. The number of hydrogen-bond acceptors (Lipinski definition) is 2. The molecular weight excluding hydrogens is 863 g/mol.